The summed E-state index contributed by atoms with van der Waals surface area (Å²) in [6, 6.07) is 1.20. The van der Waals surface area contributed by atoms with Gasteiger partial charge in [0.2, 0.25) is 0 Å². The molecule has 0 aromatic heterocycles. The number of aliphatic imine (C=N–C) groups is 1. The third kappa shape index (κ3) is 5.43. The highest BCUT2D eigenvalue weighted by Gasteiger charge is 2.24. The number of hydrogen-bond donors (Lipinski definition) is 2. The number of nitrogens with zero attached hydrogens (tertiary/aromatic N) is 2. The highest BCUT2D eigenvalue weighted by atomic mass is 16.5. The van der Waals surface area contributed by atoms with Crippen LogP contribution in [0.15, 0.2) is 4.99 Å². The fourth-order valence-electron chi connectivity index (χ4n) is 3.64. The van der Waals surface area contributed by atoms with Crippen LogP contribution in [-0.4, -0.2) is 63.3 Å². The molecule has 128 valence electrons. The molecule has 1 aliphatic carbocycles. The lowest BCUT2D eigenvalue weighted by Crippen LogP contribution is -2.48. The van der Waals surface area contributed by atoms with Gasteiger partial charge in [0, 0.05) is 39.3 Å². The van der Waals surface area contributed by atoms with Crippen LogP contribution in [0.2, 0.25) is 0 Å². The predicted molar refractivity (Wildman–Crippen MR) is 92.4 cm³/mol. The van der Waals surface area contributed by atoms with Crippen LogP contribution < -0.4 is 10.6 Å². The normalized spacial score (nSPS) is 30.5. The molecule has 0 spiro atoms. The third-order valence-electron chi connectivity index (χ3n) is 5.17. The van der Waals surface area contributed by atoms with Crippen molar-refractivity contribution in [1.29, 1.82) is 0 Å². The molecule has 2 aliphatic rings. The van der Waals surface area contributed by atoms with Gasteiger partial charge in [0.15, 0.2) is 5.96 Å². The molecule has 1 saturated carbocycles. The predicted octanol–water partition coefficient (Wildman–Crippen LogP) is 1.84. The Balaban J connectivity index is 1.71. The van der Waals surface area contributed by atoms with Gasteiger partial charge in [0.25, 0.3) is 0 Å². The minimum atomic E-state index is 0.593. The first-order chi connectivity index (χ1) is 10.7. The zero-order valence-electron chi connectivity index (χ0n) is 14.6. The molecular formula is C17H34N4O. The van der Waals surface area contributed by atoms with E-state index in [1.165, 1.54) is 45.1 Å². The quantitative estimate of drug-likeness (QED) is 0.580. The molecule has 5 nitrogen and oxygen atoms in total. The van der Waals surface area contributed by atoms with E-state index < -0.39 is 0 Å². The Kier molecular flexibility index (Phi) is 7.46. The SMILES string of the molecule is CN=C(NCC1CCCN1CCOC)NC1CCC(C)CC1. The molecule has 1 aliphatic heterocycles. The smallest absolute Gasteiger partial charge is 0.191 e. The van der Waals surface area contributed by atoms with Crippen molar-refractivity contribution < 1.29 is 4.74 Å². The van der Waals surface area contributed by atoms with Crippen molar-refractivity contribution >= 4 is 5.96 Å². The van der Waals surface area contributed by atoms with Gasteiger partial charge in [-0.3, -0.25) is 9.89 Å². The molecule has 22 heavy (non-hydrogen) atoms. The van der Waals surface area contributed by atoms with Gasteiger partial charge < -0.3 is 15.4 Å². The Bertz CT molecular complexity index is 340. The largest absolute Gasteiger partial charge is 0.383 e. The summed E-state index contributed by atoms with van der Waals surface area (Å²) in [6.45, 7) is 6.39. The summed E-state index contributed by atoms with van der Waals surface area (Å²) in [5.74, 6) is 1.86. The molecule has 0 bridgehead atoms. The first-order valence-electron chi connectivity index (χ1n) is 8.93. The molecule has 1 saturated heterocycles. The van der Waals surface area contributed by atoms with Crippen LogP contribution in [0.3, 0.4) is 0 Å². The summed E-state index contributed by atoms with van der Waals surface area (Å²) < 4.78 is 5.21. The van der Waals surface area contributed by atoms with Gasteiger partial charge in [-0.1, -0.05) is 6.92 Å². The molecule has 2 fully saturated rings. The minimum Gasteiger partial charge on any atom is -0.383 e. The molecule has 0 aromatic rings. The van der Waals surface area contributed by atoms with Crippen molar-refractivity contribution in [3.63, 3.8) is 0 Å². The van der Waals surface area contributed by atoms with Crippen molar-refractivity contribution in [2.45, 2.75) is 57.5 Å². The Morgan fingerprint density at radius 2 is 2.00 bits per heavy atom. The van der Waals surface area contributed by atoms with Gasteiger partial charge >= 0.3 is 0 Å². The fourth-order valence-corrected chi connectivity index (χ4v) is 3.64. The summed E-state index contributed by atoms with van der Waals surface area (Å²) in [5, 5.41) is 7.14. The second-order valence-electron chi connectivity index (χ2n) is 6.88. The van der Waals surface area contributed by atoms with E-state index in [9.17, 15) is 0 Å². The van der Waals surface area contributed by atoms with Crippen LogP contribution in [0, 0.1) is 5.92 Å². The molecule has 0 aromatic carbocycles. The van der Waals surface area contributed by atoms with Crippen LogP contribution >= 0.6 is 0 Å². The first-order valence-corrected chi connectivity index (χ1v) is 8.93. The molecule has 1 atom stereocenters. The van der Waals surface area contributed by atoms with E-state index in [1.807, 2.05) is 7.05 Å². The van der Waals surface area contributed by atoms with E-state index in [0.29, 0.717) is 12.1 Å². The Morgan fingerprint density at radius 1 is 1.23 bits per heavy atom. The number of ether oxygens (including phenoxy) is 1. The van der Waals surface area contributed by atoms with E-state index in [0.717, 1.165) is 31.6 Å². The average molecular weight is 310 g/mol. The summed E-state index contributed by atoms with van der Waals surface area (Å²) >= 11 is 0. The van der Waals surface area contributed by atoms with Crippen molar-refractivity contribution in [3.8, 4) is 0 Å². The van der Waals surface area contributed by atoms with Gasteiger partial charge in [-0.15, -0.1) is 0 Å². The van der Waals surface area contributed by atoms with Crippen LogP contribution in [0.25, 0.3) is 0 Å². The number of methoxy groups -OCH3 is 1. The van der Waals surface area contributed by atoms with E-state index in [1.54, 1.807) is 7.11 Å². The monoisotopic (exact) mass is 310 g/mol. The Morgan fingerprint density at radius 3 is 2.68 bits per heavy atom. The molecule has 0 amide bonds. The fraction of sp³-hybridized carbons (Fsp3) is 0.941. The number of rotatable bonds is 6. The summed E-state index contributed by atoms with van der Waals surface area (Å²) in [6.07, 6.45) is 7.78. The minimum absolute atomic E-state index is 0.593. The highest BCUT2D eigenvalue weighted by Crippen LogP contribution is 2.23. The molecule has 2 rings (SSSR count). The Hall–Kier alpha value is -0.810. The zero-order chi connectivity index (χ0) is 15.8. The van der Waals surface area contributed by atoms with Gasteiger partial charge in [0.05, 0.1) is 6.61 Å². The third-order valence-corrected chi connectivity index (χ3v) is 5.17. The number of hydrogen-bond acceptors (Lipinski definition) is 3. The topological polar surface area (TPSA) is 48.9 Å². The zero-order valence-corrected chi connectivity index (χ0v) is 14.6. The second-order valence-corrected chi connectivity index (χ2v) is 6.88. The van der Waals surface area contributed by atoms with Crippen LogP contribution in [0.1, 0.15) is 45.4 Å². The maximum Gasteiger partial charge on any atom is 0.191 e. The number of guanidine groups is 1. The van der Waals surface area contributed by atoms with Gasteiger partial charge in [-0.25, -0.2) is 0 Å². The van der Waals surface area contributed by atoms with E-state index in [-0.39, 0.29) is 0 Å². The number of likely N-dealkylation sites (tertiary alicyclic amines) is 1. The van der Waals surface area contributed by atoms with Crippen LogP contribution in [0.5, 0.6) is 0 Å². The van der Waals surface area contributed by atoms with Crippen molar-refractivity contribution in [1.82, 2.24) is 15.5 Å². The average Bonchev–Trinajstić information content (AvgIpc) is 2.98. The molecule has 5 heteroatoms. The van der Waals surface area contributed by atoms with E-state index >= 15 is 0 Å². The maximum atomic E-state index is 5.21. The lowest BCUT2D eigenvalue weighted by atomic mass is 9.87. The van der Waals surface area contributed by atoms with Gasteiger partial charge in [-0.05, 0) is 51.0 Å². The molecule has 0 radical (unpaired) electrons. The maximum absolute atomic E-state index is 5.21. The van der Waals surface area contributed by atoms with Crippen LogP contribution in [0.4, 0.5) is 0 Å². The van der Waals surface area contributed by atoms with E-state index in [4.69, 9.17) is 4.74 Å². The summed E-state index contributed by atoms with van der Waals surface area (Å²) in [4.78, 5) is 6.93. The van der Waals surface area contributed by atoms with Crippen molar-refractivity contribution in [2.24, 2.45) is 10.9 Å². The summed E-state index contributed by atoms with van der Waals surface area (Å²) in [5.41, 5.74) is 0. The number of nitrogens with one attached hydrogen (secondary N) is 2. The lowest BCUT2D eigenvalue weighted by Gasteiger charge is -2.29. The van der Waals surface area contributed by atoms with Crippen molar-refractivity contribution in [3.05, 3.63) is 0 Å². The molecule has 2 N–H and O–H groups in total. The summed E-state index contributed by atoms with van der Waals surface area (Å²) in [7, 11) is 3.65. The van der Waals surface area contributed by atoms with Gasteiger partial charge in [0.1, 0.15) is 0 Å². The van der Waals surface area contributed by atoms with E-state index in [2.05, 4.69) is 27.4 Å². The van der Waals surface area contributed by atoms with Crippen LogP contribution in [-0.2, 0) is 4.74 Å². The molecule has 1 heterocycles. The molecule has 1 unspecified atom stereocenters. The lowest BCUT2D eigenvalue weighted by molar-refractivity contribution is 0.141. The first kappa shape index (κ1) is 17.5. The second kappa shape index (κ2) is 9.36. The standard InChI is InChI=1S/C17H34N4O/c1-14-6-8-15(9-7-14)20-17(18-2)19-13-16-5-4-10-21(16)11-12-22-3/h14-16H,4-13H2,1-3H3,(H2,18,19,20). The van der Waals surface area contributed by atoms with Gasteiger partial charge in [-0.2, -0.15) is 0 Å². The highest BCUT2D eigenvalue weighted by molar-refractivity contribution is 5.80. The Labute approximate surface area is 135 Å². The molecular weight excluding hydrogens is 276 g/mol. The van der Waals surface area contributed by atoms with Crippen molar-refractivity contribution in [2.75, 3.05) is 40.4 Å².